The minimum absolute atomic E-state index is 0.162. The van der Waals surface area contributed by atoms with Crippen LogP contribution in [0.3, 0.4) is 0 Å². The monoisotopic (exact) mass is 408 g/mol. The molecule has 7 heteroatoms. The van der Waals surface area contributed by atoms with Gasteiger partial charge in [-0.3, -0.25) is 0 Å². The highest BCUT2D eigenvalue weighted by atomic mass is 32.2. The van der Waals surface area contributed by atoms with Gasteiger partial charge in [-0.1, -0.05) is 42.5 Å². The molecule has 2 aromatic carbocycles. The van der Waals surface area contributed by atoms with E-state index < -0.39 is 12.2 Å². The summed E-state index contributed by atoms with van der Waals surface area (Å²) in [6.07, 6.45) is 2.00. The lowest BCUT2D eigenvalue weighted by Gasteiger charge is -2.21. The summed E-state index contributed by atoms with van der Waals surface area (Å²) in [6.45, 7) is 0. The average molecular weight is 409 g/mol. The Balaban J connectivity index is 2.31. The zero-order chi connectivity index (χ0) is 19.8. The molecular formula is C20H24O5S2. The Morgan fingerprint density at radius 1 is 1.07 bits per heavy atom. The Kier molecular flexibility index (Phi) is 8.37. The van der Waals surface area contributed by atoms with E-state index in [-0.39, 0.29) is 28.3 Å². The van der Waals surface area contributed by atoms with Gasteiger partial charge in [-0.15, -0.1) is 11.8 Å². The number of aromatic hydroxyl groups is 2. The lowest BCUT2D eigenvalue weighted by molar-refractivity contribution is 0.0502. The Bertz CT molecular complexity index is 752. The molecule has 0 bridgehead atoms. The molecule has 0 radical (unpaired) electrons. The molecule has 0 aliphatic carbocycles. The van der Waals surface area contributed by atoms with Gasteiger partial charge in [0, 0.05) is 23.1 Å². The summed E-state index contributed by atoms with van der Waals surface area (Å²) in [4.78, 5) is 0. The van der Waals surface area contributed by atoms with Crippen molar-refractivity contribution in [3.63, 3.8) is 0 Å². The third-order valence-corrected chi connectivity index (χ3v) is 5.65. The smallest absolute Gasteiger partial charge is 0.161 e. The zero-order valence-electron chi connectivity index (χ0n) is 14.9. The molecule has 0 spiro atoms. The maximum atomic E-state index is 10.1. The number of thiol groups is 1. The van der Waals surface area contributed by atoms with E-state index >= 15 is 0 Å². The highest BCUT2D eigenvalue weighted by Crippen LogP contribution is 2.42. The number of phenolic OH excluding ortho intramolecular Hbond substituents is 2. The Labute approximate surface area is 168 Å². The molecule has 2 aromatic rings. The topological polar surface area (TPSA) is 90.2 Å². The van der Waals surface area contributed by atoms with Crippen LogP contribution in [0, 0.1) is 0 Å². The van der Waals surface area contributed by atoms with Gasteiger partial charge in [0.2, 0.25) is 0 Å². The van der Waals surface area contributed by atoms with Crippen molar-refractivity contribution in [1.82, 2.24) is 0 Å². The molecule has 3 atom stereocenters. The maximum absolute atomic E-state index is 10.1. The summed E-state index contributed by atoms with van der Waals surface area (Å²) >= 11 is 5.39. The second-order valence-corrected chi connectivity index (χ2v) is 7.46. The van der Waals surface area contributed by atoms with Crippen molar-refractivity contribution in [2.24, 2.45) is 0 Å². The lowest BCUT2D eigenvalue weighted by atomic mass is 10.1. The SMILES string of the molecule is COc1cc(O)c(O)cc1C(/C=C/c1ccccc1)SCC(O)C(O)CS. The number of phenols is 2. The number of methoxy groups -OCH3 is 1. The summed E-state index contributed by atoms with van der Waals surface area (Å²) in [5.74, 6) is 0.327. The molecule has 0 saturated heterocycles. The molecule has 0 aliphatic rings. The summed E-state index contributed by atoms with van der Waals surface area (Å²) in [5.41, 5.74) is 1.65. The fourth-order valence-electron chi connectivity index (χ4n) is 2.42. The summed E-state index contributed by atoms with van der Waals surface area (Å²) < 4.78 is 5.35. The fraction of sp³-hybridized carbons (Fsp3) is 0.300. The zero-order valence-corrected chi connectivity index (χ0v) is 16.6. The van der Waals surface area contributed by atoms with Crippen LogP contribution in [0.4, 0.5) is 0 Å². The molecule has 146 valence electrons. The van der Waals surface area contributed by atoms with Crippen LogP contribution in [0.15, 0.2) is 48.5 Å². The largest absolute Gasteiger partial charge is 0.504 e. The van der Waals surface area contributed by atoms with Crippen molar-refractivity contribution in [3.8, 4) is 17.2 Å². The van der Waals surface area contributed by atoms with Crippen LogP contribution >= 0.6 is 24.4 Å². The number of aliphatic hydroxyl groups excluding tert-OH is 2. The number of ether oxygens (including phenoxy) is 1. The normalized spacial score (nSPS) is 14.8. The van der Waals surface area contributed by atoms with Crippen LogP contribution in [0.2, 0.25) is 0 Å². The summed E-state index contributed by atoms with van der Waals surface area (Å²) in [5, 5.41) is 39.2. The van der Waals surface area contributed by atoms with E-state index in [0.717, 1.165) is 5.56 Å². The quantitative estimate of drug-likeness (QED) is 0.323. The molecule has 2 rings (SSSR count). The van der Waals surface area contributed by atoms with Gasteiger partial charge in [0.15, 0.2) is 11.5 Å². The maximum Gasteiger partial charge on any atom is 0.161 e. The molecule has 0 fully saturated rings. The average Bonchev–Trinajstić information content (AvgIpc) is 2.69. The number of benzene rings is 2. The van der Waals surface area contributed by atoms with Gasteiger partial charge >= 0.3 is 0 Å². The van der Waals surface area contributed by atoms with E-state index in [2.05, 4.69) is 12.6 Å². The molecular weight excluding hydrogens is 384 g/mol. The second-order valence-electron chi connectivity index (χ2n) is 5.92. The second kappa shape index (κ2) is 10.5. The van der Waals surface area contributed by atoms with Gasteiger partial charge < -0.3 is 25.2 Å². The van der Waals surface area contributed by atoms with Crippen molar-refractivity contribution in [1.29, 1.82) is 0 Å². The molecule has 3 unspecified atom stereocenters. The molecule has 27 heavy (non-hydrogen) atoms. The van der Waals surface area contributed by atoms with Gasteiger partial charge in [0.05, 0.1) is 24.6 Å². The van der Waals surface area contributed by atoms with E-state index in [1.165, 1.54) is 31.0 Å². The van der Waals surface area contributed by atoms with Crippen LogP contribution in [0.25, 0.3) is 6.08 Å². The number of rotatable bonds is 9. The van der Waals surface area contributed by atoms with Gasteiger partial charge in [-0.05, 0) is 11.6 Å². The van der Waals surface area contributed by atoms with Crippen LogP contribution < -0.4 is 4.74 Å². The first-order chi connectivity index (χ1) is 13.0. The van der Waals surface area contributed by atoms with Crippen LogP contribution in [0.1, 0.15) is 16.4 Å². The molecule has 0 amide bonds. The predicted octanol–water partition coefficient (Wildman–Crippen LogP) is 3.25. The van der Waals surface area contributed by atoms with Crippen molar-refractivity contribution < 1.29 is 25.2 Å². The van der Waals surface area contributed by atoms with Gasteiger partial charge in [0.25, 0.3) is 0 Å². The first-order valence-corrected chi connectivity index (χ1v) is 10.1. The highest BCUT2D eigenvalue weighted by molar-refractivity contribution is 7.99. The van der Waals surface area contributed by atoms with E-state index in [0.29, 0.717) is 11.3 Å². The fourth-order valence-corrected chi connectivity index (χ4v) is 3.84. The number of hydrogen-bond donors (Lipinski definition) is 5. The first-order valence-electron chi connectivity index (χ1n) is 8.38. The van der Waals surface area contributed by atoms with Gasteiger partial charge in [0.1, 0.15) is 5.75 Å². The summed E-state index contributed by atoms with van der Waals surface area (Å²) in [7, 11) is 1.48. The third kappa shape index (κ3) is 6.10. The molecule has 0 aromatic heterocycles. The first kappa shape index (κ1) is 21.5. The Morgan fingerprint density at radius 3 is 2.37 bits per heavy atom. The van der Waals surface area contributed by atoms with Crippen molar-refractivity contribution in [2.45, 2.75) is 17.5 Å². The van der Waals surface area contributed by atoms with Crippen LogP contribution in [-0.2, 0) is 0 Å². The van der Waals surface area contributed by atoms with Gasteiger partial charge in [-0.2, -0.15) is 12.6 Å². The Morgan fingerprint density at radius 2 is 1.74 bits per heavy atom. The number of thioether (sulfide) groups is 1. The van der Waals surface area contributed by atoms with E-state index in [1.807, 2.05) is 42.5 Å². The molecule has 0 aliphatic heterocycles. The minimum Gasteiger partial charge on any atom is -0.504 e. The number of aliphatic hydroxyl groups is 2. The van der Waals surface area contributed by atoms with Crippen molar-refractivity contribution >= 4 is 30.5 Å². The van der Waals surface area contributed by atoms with E-state index in [1.54, 1.807) is 0 Å². The van der Waals surface area contributed by atoms with Crippen molar-refractivity contribution in [3.05, 3.63) is 59.7 Å². The molecule has 0 heterocycles. The van der Waals surface area contributed by atoms with Crippen LogP contribution in [-0.4, -0.2) is 51.2 Å². The number of hydrogen-bond acceptors (Lipinski definition) is 7. The van der Waals surface area contributed by atoms with Crippen molar-refractivity contribution in [2.75, 3.05) is 18.6 Å². The molecule has 0 saturated carbocycles. The lowest BCUT2D eigenvalue weighted by Crippen LogP contribution is -2.29. The van der Waals surface area contributed by atoms with E-state index in [9.17, 15) is 20.4 Å². The Hall–Kier alpha value is -1.80. The minimum atomic E-state index is -0.933. The van der Waals surface area contributed by atoms with Crippen LogP contribution in [0.5, 0.6) is 17.2 Å². The standard InChI is InChI=1S/C20H24O5S2/c1-25-19-10-16(22)15(21)9-14(19)20(27-12-18(24)17(23)11-26)8-7-13-5-3-2-4-6-13/h2-10,17-18,20-24,26H,11-12H2,1H3/b8-7+. The predicted molar refractivity (Wildman–Crippen MR) is 113 cm³/mol. The molecule has 4 N–H and O–H groups in total. The highest BCUT2D eigenvalue weighted by Gasteiger charge is 2.21. The van der Waals surface area contributed by atoms with Gasteiger partial charge in [-0.25, -0.2) is 0 Å². The van der Waals surface area contributed by atoms with E-state index in [4.69, 9.17) is 4.74 Å². The third-order valence-electron chi connectivity index (χ3n) is 3.97. The summed E-state index contributed by atoms with van der Waals surface area (Å²) in [6, 6.07) is 12.5. The molecule has 5 nitrogen and oxygen atoms in total.